The third-order valence-corrected chi connectivity index (χ3v) is 2.63. The van der Waals surface area contributed by atoms with Crippen LogP contribution in [0.3, 0.4) is 0 Å². The normalized spacial score (nSPS) is 12.6. The maximum atomic E-state index is 8.82. The topological polar surface area (TPSA) is 70.6 Å². The Labute approximate surface area is 108 Å². The molecular formula is C14H19N3O. The van der Waals surface area contributed by atoms with Crippen molar-refractivity contribution >= 4 is 5.84 Å². The van der Waals surface area contributed by atoms with Crippen LogP contribution in [-0.2, 0) is 0 Å². The first kappa shape index (κ1) is 14.1. The van der Waals surface area contributed by atoms with E-state index in [4.69, 9.17) is 10.9 Å². The molecule has 4 N–H and O–H groups in total. The van der Waals surface area contributed by atoms with E-state index < -0.39 is 0 Å². The van der Waals surface area contributed by atoms with Crippen LogP contribution >= 0.6 is 0 Å². The Morgan fingerprint density at radius 3 is 2.78 bits per heavy atom. The lowest BCUT2D eigenvalue weighted by Crippen LogP contribution is -2.32. The van der Waals surface area contributed by atoms with Gasteiger partial charge in [0, 0.05) is 19.5 Å². The zero-order valence-corrected chi connectivity index (χ0v) is 10.6. The largest absolute Gasteiger partial charge is 0.409 e. The highest BCUT2D eigenvalue weighted by atomic mass is 16.4. The molecule has 0 aliphatic heterocycles. The maximum Gasteiger partial charge on any atom is 0.147 e. The summed E-state index contributed by atoms with van der Waals surface area (Å²) >= 11 is 0. The fourth-order valence-corrected chi connectivity index (χ4v) is 1.67. The van der Waals surface area contributed by atoms with Crippen molar-refractivity contribution in [2.24, 2.45) is 10.9 Å². The average Bonchev–Trinajstić information content (AvgIpc) is 2.43. The van der Waals surface area contributed by atoms with Gasteiger partial charge in [-0.05, 0) is 12.5 Å². The molecule has 0 spiro atoms. The number of rotatable bonds is 6. The van der Waals surface area contributed by atoms with Gasteiger partial charge in [0.15, 0.2) is 0 Å². The van der Waals surface area contributed by atoms with Crippen molar-refractivity contribution in [3.63, 3.8) is 0 Å². The van der Waals surface area contributed by atoms with E-state index in [0.29, 0.717) is 6.54 Å². The summed E-state index contributed by atoms with van der Waals surface area (Å²) in [7, 11) is 0. The monoisotopic (exact) mass is 245 g/mol. The molecule has 96 valence electrons. The first-order valence-corrected chi connectivity index (χ1v) is 5.92. The van der Waals surface area contributed by atoms with Gasteiger partial charge in [-0.3, -0.25) is 0 Å². The predicted octanol–water partition coefficient (Wildman–Crippen LogP) is 1.52. The van der Waals surface area contributed by atoms with Crippen molar-refractivity contribution in [2.45, 2.75) is 19.3 Å². The van der Waals surface area contributed by atoms with Gasteiger partial charge in [-0.25, -0.2) is 0 Å². The van der Waals surface area contributed by atoms with Gasteiger partial charge in [-0.2, -0.15) is 0 Å². The number of hydrogen-bond donors (Lipinski definition) is 3. The quantitative estimate of drug-likeness (QED) is 0.178. The molecule has 0 heterocycles. The fourth-order valence-electron chi connectivity index (χ4n) is 1.67. The van der Waals surface area contributed by atoms with Crippen LogP contribution in [0.4, 0.5) is 0 Å². The lowest BCUT2D eigenvalue weighted by molar-refractivity contribution is 0.315. The van der Waals surface area contributed by atoms with E-state index in [9.17, 15) is 0 Å². The summed E-state index contributed by atoms with van der Waals surface area (Å²) in [6, 6.07) is 9.76. The number of hydrogen-bond acceptors (Lipinski definition) is 3. The SMILES string of the molecule is CC#CCCNCC(/C(N)=N/O)c1ccccc1. The van der Waals surface area contributed by atoms with Gasteiger partial charge in [0.2, 0.25) is 0 Å². The number of nitrogens with two attached hydrogens (primary N) is 1. The highest BCUT2D eigenvalue weighted by Gasteiger charge is 2.15. The number of nitrogens with zero attached hydrogens (tertiary/aromatic N) is 1. The van der Waals surface area contributed by atoms with Gasteiger partial charge < -0.3 is 16.3 Å². The molecule has 1 rings (SSSR count). The van der Waals surface area contributed by atoms with E-state index in [1.165, 1.54) is 0 Å². The van der Waals surface area contributed by atoms with Gasteiger partial charge >= 0.3 is 0 Å². The molecule has 0 saturated heterocycles. The number of amidine groups is 1. The van der Waals surface area contributed by atoms with Crippen molar-refractivity contribution in [1.29, 1.82) is 0 Å². The van der Waals surface area contributed by atoms with E-state index in [1.54, 1.807) is 0 Å². The molecule has 0 aliphatic rings. The Hall–Kier alpha value is -1.99. The van der Waals surface area contributed by atoms with Crippen LogP contribution in [-0.4, -0.2) is 24.1 Å². The maximum absolute atomic E-state index is 8.82. The van der Waals surface area contributed by atoms with E-state index in [0.717, 1.165) is 18.5 Å². The van der Waals surface area contributed by atoms with Crippen molar-refractivity contribution in [1.82, 2.24) is 5.32 Å². The zero-order chi connectivity index (χ0) is 13.2. The Balaban J connectivity index is 2.60. The van der Waals surface area contributed by atoms with Gasteiger partial charge in [0.1, 0.15) is 5.84 Å². The first-order valence-electron chi connectivity index (χ1n) is 5.92. The average molecular weight is 245 g/mol. The minimum atomic E-state index is -0.120. The summed E-state index contributed by atoms with van der Waals surface area (Å²) in [4.78, 5) is 0. The minimum Gasteiger partial charge on any atom is -0.409 e. The molecule has 4 nitrogen and oxygen atoms in total. The van der Waals surface area contributed by atoms with Crippen LogP contribution in [0, 0.1) is 11.8 Å². The molecule has 18 heavy (non-hydrogen) atoms. The van der Waals surface area contributed by atoms with E-state index >= 15 is 0 Å². The summed E-state index contributed by atoms with van der Waals surface area (Å²) in [6.45, 7) is 3.25. The molecule has 0 aromatic heterocycles. The second-order valence-electron chi connectivity index (χ2n) is 3.87. The smallest absolute Gasteiger partial charge is 0.147 e. The van der Waals surface area contributed by atoms with Crippen molar-refractivity contribution in [2.75, 3.05) is 13.1 Å². The molecule has 0 radical (unpaired) electrons. The molecule has 1 aromatic rings. The van der Waals surface area contributed by atoms with Crippen LogP contribution in [0.1, 0.15) is 24.8 Å². The number of benzene rings is 1. The zero-order valence-electron chi connectivity index (χ0n) is 10.6. The fraction of sp³-hybridized carbons (Fsp3) is 0.357. The number of oxime groups is 1. The highest BCUT2D eigenvalue weighted by molar-refractivity contribution is 5.87. The molecule has 4 heteroatoms. The third-order valence-electron chi connectivity index (χ3n) is 2.63. The summed E-state index contributed by atoms with van der Waals surface area (Å²) in [5.74, 6) is 5.92. The standard InChI is InChI=1S/C14H19N3O/c1-2-3-7-10-16-11-13(14(15)17-18)12-8-5-4-6-9-12/h4-6,8-9,13,16,18H,7,10-11H2,1H3,(H2,15,17). The summed E-state index contributed by atoms with van der Waals surface area (Å²) in [6.07, 6.45) is 0.800. The van der Waals surface area contributed by atoms with E-state index in [2.05, 4.69) is 22.3 Å². The third kappa shape index (κ3) is 4.48. The van der Waals surface area contributed by atoms with Gasteiger partial charge in [-0.1, -0.05) is 35.5 Å². The Bertz CT molecular complexity index is 431. The molecule has 1 unspecified atom stereocenters. The Kier molecular flexibility index (Phi) is 6.37. The lowest BCUT2D eigenvalue weighted by atomic mass is 9.98. The molecule has 0 saturated carbocycles. The molecule has 1 atom stereocenters. The molecule has 0 fully saturated rings. The van der Waals surface area contributed by atoms with Gasteiger partial charge in [0.05, 0.1) is 5.92 Å². The van der Waals surface area contributed by atoms with Gasteiger partial charge in [0.25, 0.3) is 0 Å². The first-order chi connectivity index (χ1) is 8.79. The van der Waals surface area contributed by atoms with Crippen molar-refractivity contribution < 1.29 is 5.21 Å². The molecule has 0 aliphatic carbocycles. The van der Waals surface area contributed by atoms with Crippen LogP contribution in [0.5, 0.6) is 0 Å². The van der Waals surface area contributed by atoms with Crippen LogP contribution in [0.25, 0.3) is 0 Å². The molecule has 1 aromatic carbocycles. The Morgan fingerprint density at radius 1 is 1.44 bits per heavy atom. The Morgan fingerprint density at radius 2 is 2.17 bits per heavy atom. The molecule has 0 amide bonds. The van der Waals surface area contributed by atoms with E-state index in [-0.39, 0.29) is 11.8 Å². The predicted molar refractivity (Wildman–Crippen MR) is 73.5 cm³/mol. The number of nitrogens with one attached hydrogen (secondary N) is 1. The lowest BCUT2D eigenvalue weighted by Gasteiger charge is -2.16. The van der Waals surface area contributed by atoms with Crippen LogP contribution in [0.15, 0.2) is 35.5 Å². The summed E-state index contributed by atoms with van der Waals surface area (Å²) in [5, 5.41) is 15.2. The van der Waals surface area contributed by atoms with E-state index in [1.807, 2.05) is 37.3 Å². The van der Waals surface area contributed by atoms with Crippen molar-refractivity contribution in [3.05, 3.63) is 35.9 Å². The van der Waals surface area contributed by atoms with Crippen molar-refractivity contribution in [3.8, 4) is 11.8 Å². The molecular weight excluding hydrogens is 226 g/mol. The highest BCUT2D eigenvalue weighted by Crippen LogP contribution is 2.14. The summed E-state index contributed by atoms with van der Waals surface area (Å²) in [5.41, 5.74) is 6.75. The summed E-state index contributed by atoms with van der Waals surface area (Å²) < 4.78 is 0. The minimum absolute atomic E-state index is 0.120. The van der Waals surface area contributed by atoms with Crippen LogP contribution < -0.4 is 11.1 Å². The van der Waals surface area contributed by atoms with Gasteiger partial charge in [-0.15, -0.1) is 11.8 Å². The second-order valence-corrected chi connectivity index (χ2v) is 3.87. The van der Waals surface area contributed by atoms with Crippen LogP contribution in [0.2, 0.25) is 0 Å². The molecule has 0 bridgehead atoms. The second kappa shape index (κ2) is 8.15.